The van der Waals surface area contributed by atoms with Gasteiger partial charge in [-0.25, -0.2) is 9.97 Å². The molecule has 2 aromatic rings. The highest BCUT2D eigenvalue weighted by Gasteiger charge is 2.18. The molecule has 0 spiro atoms. The number of hydrogen-bond acceptors (Lipinski definition) is 5. The number of nitrogens with one attached hydrogen (secondary N) is 1. The molecule has 1 aliphatic heterocycles. The number of anilines is 2. The molecule has 1 aromatic carbocycles. The molecule has 2 heterocycles. The van der Waals surface area contributed by atoms with E-state index >= 15 is 0 Å². The van der Waals surface area contributed by atoms with Gasteiger partial charge in [0.05, 0.1) is 6.10 Å². The van der Waals surface area contributed by atoms with Crippen LogP contribution in [0.25, 0.3) is 0 Å². The summed E-state index contributed by atoms with van der Waals surface area (Å²) in [6.07, 6.45) is 3.79. The van der Waals surface area contributed by atoms with Crippen molar-refractivity contribution in [3.63, 3.8) is 0 Å². The first-order valence-corrected chi connectivity index (χ1v) is 8.33. The number of hydrogen-bond donors (Lipinski definition) is 1. The van der Waals surface area contributed by atoms with Gasteiger partial charge in [0.15, 0.2) is 0 Å². The Morgan fingerprint density at radius 2 is 2.17 bits per heavy atom. The van der Waals surface area contributed by atoms with Crippen LogP contribution in [0.5, 0.6) is 0 Å². The van der Waals surface area contributed by atoms with Gasteiger partial charge in [0.2, 0.25) is 5.95 Å². The number of ether oxygens (including phenoxy) is 1. The first-order valence-electron chi connectivity index (χ1n) is 8.33. The Labute approximate surface area is 141 Å². The SMILES string of the molecule is CCN(c1ccccc1)c1nccc(C(=O)NCC2CCCO2)n1. The fourth-order valence-corrected chi connectivity index (χ4v) is 2.75. The van der Waals surface area contributed by atoms with E-state index in [4.69, 9.17) is 4.74 Å². The third-order valence-electron chi connectivity index (χ3n) is 4.02. The van der Waals surface area contributed by atoms with Gasteiger partial charge in [0.25, 0.3) is 5.91 Å². The molecule has 6 nitrogen and oxygen atoms in total. The van der Waals surface area contributed by atoms with Crippen LogP contribution in [0.3, 0.4) is 0 Å². The number of aromatic nitrogens is 2. The molecule has 3 rings (SSSR count). The largest absolute Gasteiger partial charge is 0.376 e. The molecule has 1 unspecified atom stereocenters. The van der Waals surface area contributed by atoms with Crippen molar-refractivity contribution in [2.45, 2.75) is 25.9 Å². The lowest BCUT2D eigenvalue weighted by molar-refractivity contribution is 0.0853. The van der Waals surface area contributed by atoms with E-state index in [9.17, 15) is 4.79 Å². The van der Waals surface area contributed by atoms with Crippen molar-refractivity contribution in [2.75, 3.05) is 24.6 Å². The number of para-hydroxylation sites is 1. The first-order chi connectivity index (χ1) is 11.8. The third kappa shape index (κ3) is 3.89. The molecule has 24 heavy (non-hydrogen) atoms. The zero-order chi connectivity index (χ0) is 16.8. The van der Waals surface area contributed by atoms with Gasteiger partial charge in [-0.15, -0.1) is 0 Å². The minimum absolute atomic E-state index is 0.117. The minimum atomic E-state index is -0.196. The molecule has 6 heteroatoms. The number of amides is 1. The molecule has 0 aliphatic carbocycles. The van der Waals surface area contributed by atoms with Crippen LogP contribution in [0.15, 0.2) is 42.6 Å². The van der Waals surface area contributed by atoms with E-state index in [-0.39, 0.29) is 12.0 Å². The summed E-state index contributed by atoms with van der Waals surface area (Å²) in [7, 11) is 0. The predicted molar refractivity (Wildman–Crippen MR) is 92.5 cm³/mol. The molecular weight excluding hydrogens is 304 g/mol. The van der Waals surface area contributed by atoms with Gasteiger partial charge < -0.3 is 15.0 Å². The highest BCUT2D eigenvalue weighted by molar-refractivity contribution is 5.92. The molecule has 126 valence electrons. The van der Waals surface area contributed by atoms with Crippen molar-refractivity contribution in [1.82, 2.24) is 15.3 Å². The van der Waals surface area contributed by atoms with Crippen LogP contribution in [0.4, 0.5) is 11.6 Å². The van der Waals surface area contributed by atoms with Crippen LogP contribution < -0.4 is 10.2 Å². The molecule has 1 saturated heterocycles. The van der Waals surface area contributed by atoms with E-state index in [0.717, 1.165) is 25.1 Å². The summed E-state index contributed by atoms with van der Waals surface area (Å²) in [6, 6.07) is 11.5. The lowest BCUT2D eigenvalue weighted by Crippen LogP contribution is -2.32. The normalized spacial score (nSPS) is 16.8. The number of rotatable bonds is 6. The predicted octanol–water partition coefficient (Wildman–Crippen LogP) is 2.54. The van der Waals surface area contributed by atoms with Gasteiger partial charge in [0.1, 0.15) is 5.69 Å². The monoisotopic (exact) mass is 326 g/mol. The number of benzene rings is 1. The van der Waals surface area contributed by atoms with E-state index in [1.165, 1.54) is 0 Å². The van der Waals surface area contributed by atoms with E-state index < -0.39 is 0 Å². The molecule has 1 aliphatic rings. The summed E-state index contributed by atoms with van der Waals surface area (Å²) in [5, 5.41) is 2.89. The van der Waals surface area contributed by atoms with Gasteiger partial charge in [-0.1, -0.05) is 18.2 Å². The van der Waals surface area contributed by atoms with Gasteiger partial charge in [-0.2, -0.15) is 0 Å². The Morgan fingerprint density at radius 3 is 2.88 bits per heavy atom. The molecule has 0 saturated carbocycles. The summed E-state index contributed by atoms with van der Waals surface area (Å²) >= 11 is 0. The molecule has 1 aromatic heterocycles. The lowest BCUT2D eigenvalue weighted by atomic mass is 10.2. The van der Waals surface area contributed by atoms with Crippen LogP contribution in [0.1, 0.15) is 30.3 Å². The van der Waals surface area contributed by atoms with Crippen LogP contribution in [-0.4, -0.2) is 41.7 Å². The number of carbonyl (C=O) groups excluding carboxylic acids is 1. The van der Waals surface area contributed by atoms with Crippen LogP contribution in [0.2, 0.25) is 0 Å². The quantitative estimate of drug-likeness (QED) is 0.883. The van der Waals surface area contributed by atoms with Crippen molar-refractivity contribution in [3.05, 3.63) is 48.3 Å². The highest BCUT2D eigenvalue weighted by Crippen LogP contribution is 2.21. The number of carbonyl (C=O) groups is 1. The average molecular weight is 326 g/mol. The van der Waals surface area contributed by atoms with Crippen molar-refractivity contribution >= 4 is 17.5 Å². The molecule has 1 fully saturated rings. The lowest BCUT2D eigenvalue weighted by Gasteiger charge is -2.21. The Kier molecular flexibility index (Phi) is 5.38. The van der Waals surface area contributed by atoms with E-state index in [2.05, 4.69) is 15.3 Å². The fraction of sp³-hybridized carbons (Fsp3) is 0.389. The highest BCUT2D eigenvalue weighted by atomic mass is 16.5. The van der Waals surface area contributed by atoms with Gasteiger partial charge in [-0.05, 0) is 38.0 Å². The molecule has 1 atom stereocenters. The third-order valence-corrected chi connectivity index (χ3v) is 4.02. The van der Waals surface area contributed by atoms with E-state index in [1.807, 2.05) is 42.2 Å². The van der Waals surface area contributed by atoms with Gasteiger partial charge >= 0.3 is 0 Å². The number of nitrogens with zero attached hydrogens (tertiary/aromatic N) is 3. The van der Waals surface area contributed by atoms with Crippen molar-refractivity contribution in [2.24, 2.45) is 0 Å². The van der Waals surface area contributed by atoms with Crippen LogP contribution in [-0.2, 0) is 4.74 Å². The standard InChI is InChI=1S/C18H22N4O2/c1-2-22(14-7-4-3-5-8-14)18-19-11-10-16(21-18)17(23)20-13-15-9-6-12-24-15/h3-5,7-8,10-11,15H,2,6,9,12-13H2,1H3,(H,20,23). The molecule has 1 amide bonds. The second-order valence-corrected chi connectivity index (χ2v) is 5.67. The zero-order valence-corrected chi connectivity index (χ0v) is 13.8. The summed E-state index contributed by atoms with van der Waals surface area (Å²) in [5.74, 6) is 0.326. The Bertz CT molecular complexity index is 672. The maximum absolute atomic E-state index is 12.3. The van der Waals surface area contributed by atoms with Crippen molar-refractivity contribution in [3.8, 4) is 0 Å². The van der Waals surface area contributed by atoms with E-state index in [0.29, 0.717) is 24.7 Å². The van der Waals surface area contributed by atoms with Crippen LogP contribution in [0, 0.1) is 0 Å². The maximum Gasteiger partial charge on any atom is 0.270 e. The molecule has 0 radical (unpaired) electrons. The molecule has 1 N–H and O–H groups in total. The zero-order valence-electron chi connectivity index (χ0n) is 13.8. The molecule has 0 bridgehead atoms. The van der Waals surface area contributed by atoms with Crippen molar-refractivity contribution in [1.29, 1.82) is 0 Å². The van der Waals surface area contributed by atoms with E-state index in [1.54, 1.807) is 12.3 Å². The van der Waals surface area contributed by atoms with Gasteiger partial charge in [0, 0.05) is 31.6 Å². The maximum atomic E-state index is 12.3. The summed E-state index contributed by atoms with van der Waals surface area (Å²) < 4.78 is 5.52. The minimum Gasteiger partial charge on any atom is -0.376 e. The van der Waals surface area contributed by atoms with Crippen LogP contribution >= 0.6 is 0 Å². The fourth-order valence-electron chi connectivity index (χ4n) is 2.75. The van der Waals surface area contributed by atoms with Gasteiger partial charge in [-0.3, -0.25) is 4.79 Å². The molecular formula is C18H22N4O2. The Hall–Kier alpha value is -2.47. The summed E-state index contributed by atoms with van der Waals surface area (Å²) in [4.78, 5) is 23.0. The first kappa shape index (κ1) is 16.4. The Balaban J connectivity index is 1.71. The second kappa shape index (κ2) is 7.88. The van der Waals surface area contributed by atoms with Crippen molar-refractivity contribution < 1.29 is 9.53 Å². The topological polar surface area (TPSA) is 67.4 Å². The smallest absolute Gasteiger partial charge is 0.270 e. The summed E-state index contributed by atoms with van der Waals surface area (Å²) in [6.45, 7) is 4.04. The second-order valence-electron chi connectivity index (χ2n) is 5.67. The average Bonchev–Trinajstić information content (AvgIpc) is 3.15. The summed E-state index contributed by atoms with van der Waals surface area (Å²) in [5.41, 5.74) is 1.37. The Morgan fingerprint density at radius 1 is 1.33 bits per heavy atom.